The fraction of sp³-hybridized carbons (Fsp3) is 0.833. The van der Waals surface area contributed by atoms with Gasteiger partial charge in [-0.2, -0.15) is 0 Å². The van der Waals surface area contributed by atoms with Gasteiger partial charge in [0.15, 0.2) is 0 Å². The lowest BCUT2D eigenvalue weighted by Gasteiger charge is -2.20. The molecule has 2 rings (SSSR count). The summed E-state index contributed by atoms with van der Waals surface area (Å²) in [7, 11) is 0. The van der Waals surface area contributed by atoms with E-state index in [2.05, 4.69) is 33.5 Å². The Bertz CT molecular complexity index is 373. The molecule has 2 atom stereocenters. The van der Waals surface area contributed by atoms with E-state index in [1.165, 1.54) is 6.42 Å². The van der Waals surface area contributed by atoms with Gasteiger partial charge in [0, 0.05) is 19.1 Å². The van der Waals surface area contributed by atoms with Crippen molar-refractivity contribution < 1.29 is 0 Å². The third-order valence-electron chi connectivity index (χ3n) is 3.80. The largest absolute Gasteiger partial charge is 0.330 e. The van der Waals surface area contributed by atoms with Crippen LogP contribution in [0.25, 0.3) is 0 Å². The van der Waals surface area contributed by atoms with E-state index >= 15 is 0 Å². The third-order valence-corrected chi connectivity index (χ3v) is 3.80. The average molecular weight is 237 g/mol. The van der Waals surface area contributed by atoms with Crippen LogP contribution in [0.5, 0.6) is 0 Å². The number of rotatable bonds is 4. The van der Waals surface area contributed by atoms with Crippen molar-refractivity contribution in [3.8, 4) is 0 Å². The molecule has 0 spiro atoms. The van der Waals surface area contributed by atoms with Gasteiger partial charge in [-0.1, -0.05) is 0 Å². The molecule has 0 radical (unpaired) electrons. The third kappa shape index (κ3) is 2.50. The summed E-state index contributed by atoms with van der Waals surface area (Å²) in [5, 5.41) is 8.43. The molecule has 0 aliphatic carbocycles. The second kappa shape index (κ2) is 5.14. The fourth-order valence-corrected chi connectivity index (χ4v) is 2.74. The minimum absolute atomic E-state index is 0.603. The molecule has 1 aliphatic heterocycles. The predicted octanol–water partition coefficient (Wildman–Crippen LogP) is 0.776. The highest BCUT2D eigenvalue weighted by Crippen LogP contribution is 2.23. The van der Waals surface area contributed by atoms with Gasteiger partial charge in [-0.05, 0) is 39.7 Å². The normalized spacial score (nSPS) is 25.6. The molecule has 1 aromatic rings. The van der Waals surface area contributed by atoms with Crippen LogP contribution in [0.1, 0.15) is 31.9 Å². The van der Waals surface area contributed by atoms with Crippen molar-refractivity contribution >= 4 is 0 Å². The molecular weight excluding hydrogens is 214 g/mol. The zero-order chi connectivity index (χ0) is 12.4. The lowest BCUT2D eigenvalue weighted by atomic mass is 10.1. The van der Waals surface area contributed by atoms with E-state index in [-0.39, 0.29) is 0 Å². The van der Waals surface area contributed by atoms with Gasteiger partial charge in [0.1, 0.15) is 11.6 Å². The average Bonchev–Trinajstić information content (AvgIpc) is 2.84. The number of hydrogen-bond donors (Lipinski definition) is 1. The zero-order valence-electron chi connectivity index (χ0n) is 11.1. The fourth-order valence-electron chi connectivity index (χ4n) is 2.74. The number of nitrogens with zero attached hydrogens (tertiary/aromatic N) is 4. The highest BCUT2D eigenvalue weighted by atomic mass is 15.3. The minimum atomic E-state index is 0.603. The van der Waals surface area contributed by atoms with Crippen LogP contribution in [-0.4, -0.2) is 38.8 Å². The van der Waals surface area contributed by atoms with Crippen molar-refractivity contribution in [3.05, 3.63) is 11.6 Å². The first kappa shape index (κ1) is 12.5. The lowest BCUT2D eigenvalue weighted by molar-refractivity contribution is 0.245. The van der Waals surface area contributed by atoms with Gasteiger partial charge in [0.05, 0.1) is 6.54 Å². The van der Waals surface area contributed by atoms with E-state index < -0.39 is 0 Å². The molecule has 0 aromatic carbocycles. The Balaban J connectivity index is 2.05. The number of nitrogens with two attached hydrogens (primary N) is 1. The van der Waals surface area contributed by atoms with Crippen molar-refractivity contribution in [2.24, 2.45) is 11.7 Å². The maximum atomic E-state index is 5.75. The van der Waals surface area contributed by atoms with Gasteiger partial charge in [-0.25, -0.2) is 0 Å². The highest BCUT2D eigenvalue weighted by Gasteiger charge is 2.29. The zero-order valence-corrected chi connectivity index (χ0v) is 11.1. The number of aryl methyl sites for hydroxylation is 1. The molecule has 1 saturated heterocycles. The Morgan fingerprint density at radius 1 is 1.41 bits per heavy atom. The molecule has 0 saturated carbocycles. The molecule has 2 N–H and O–H groups in total. The molecule has 17 heavy (non-hydrogen) atoms. The van der Waals surface area contributed by atoms with Gasteiger partial charge in [-0.15, -0.1) is 10.2 Å². The summed E-state index contributed by atoms with van der Waals surface area (Å²) in [5.74, 6) is 2.73. The predicted molar refractivity (Wildman–Crippen MR) is 67.5 cm³/mol. The van der Waals surface area contributed by atoms with E-state index in [0.29, 0.717) is 12.0 Å². The van der Waals surface area contributed by atoms with Crippen LogP contribution in [0.3, 0.4) is 0 Å². The second-order valence-corrected chi connectivity index (χ2v) is 5.02. The van der Waals surface area contributed by atoms with E-state index in [0.717, 1.165) is 37.8 Å². The summed E-state index contributed by atoms with van der Waals surface area (Å²) < 4.78 is 2.18. The first-order chi connectivity index (χ1) is 8.15. The summed E-state index contributed by atoms with van der Waals surface area (Å²) in [6.07, 6.45) is 1.20. The molecule has 2 heterocycles. The maximum absolute atomic E-state index is 5.75. The molecule has 5 heteroatoms. The van der Waals surface area contributed by atoms with Crippen molar-refractivity contribution in [2.45, 2.75) is 46.3 Å². The van der Waals surface area contributed by atoms with E-state index in [1.807, 2.05) is 6.92 Å². The Labute approximate surface area is 103 Å². The van der Waals surface area contributed by atoms with E-state index in [4.69, 9.17) is 5.73 Å². The second-order valence-electron chi connectivity index (χ2n) is 5.02. The Hall–Kier alpha value is -0.940. The smallest absolute Gasteiger partial charge is 0.147 e. The Morgan fingerprint density at radius 2 is 2.18 bits per heavy atom. The molecule has 2 unspecified atom stereocenters. The van der Waals surface area contributed by atoms with Crippen molar-refractivity contribution in [2.75, 3.05) is 13.1 Å². The van der Waals surface area contributed by atoms with Crippen LogP contribution in [-0.2, 0) is 13.1 Å². The molecule has 1 fully saturated rings. The lowest BCUT2D eigenvalue weighted by Crippen LogP contribution is -2.29. The molecule has 1 aliphatic rings. The molecule has 5 nitrogen and oxygen atoms in total. The standard InChI is InChI=1S/C12H23N5/c1-4-17-10(3)14-15-12(17)8-16-7-11(6-13)5-9(16)2/h9,11H,4-8,13H2,1-3H3. The van der Waals surface area contributed by atoms with Crippen LogP contribution >= 0.6 is 0 Å². The first-order valence-electron chi connectivity index (χ1n) is 6.48. The quantitative estimate of drug-likeness (QED) is 0.840. The molecular formula is C12H23N5. The number of aromatic nitrogens is 3. The first-order valence-corrected chi connectivity index (χ1v) is 6.48. The minimum Gasteiger partial charge on any atom is -0.330 e. The van der Waals surface area contributed by atoms with Gasteiger partial charge >= 0.3 is 0 Å². The molecule has 1 aromatic heterocycles. The van der Waals surface area contributed by atoms with Gasteiger partial charge in [0.2, 0.25) is 0 Å². The summed E-state index contributed by atoms with van der Waals surface area (Å²) >= 11 is 0. The van der Waals surface area contributed by atoms with Crippen LogP contribution in [0, 0.1) is 12.8 Å². The number of likely N-dealkylation sites (tertiary alicyclic amines) is 1. The molecule has 0 amide bonds. The van der Waals surface area contributed by atoms with Gasteiger partial charge < -0.3 is 10.3 Å². The van der Waals surface area contributed by atoms with E-state index in [1.54, 1.807) is 0 Å². The van der Waals surface area contributed by atoms with Gasteiger partial charge in [0.25, 0.3) is 0 Å². The Morgan fingerprint density at radius 3 is 2.76 bits per heavy atom. The maximum Gasteiger partial charge on any atom is 0.147 e. The summed E-state index contributed by atoms with van der Waals surface area (Å²) in [6, 6.07) is 0.603. The summed E-state index contributed by atoms with van der Waals surface area (Å²) in [5.41, 5.74) is 5.75. The van der Waals surface area contributed by atoms with Crippen LogP contribution < -0.4 is 5.73 Å². The SMILES string of the molecule is CCn1c(C)nnc1CN1CC(CN)CC1C. The van der Waals surface area contributed by atoms with Crippen LogP contribution in [0.15, 0.2) is 0 Å². The van der Waals surface area contributed by atoms with Crippen molar-refractivity contribution in [1.82, 2.24) is 19.7 Å². The number of hydrogen-bond acceptors (Lipinski definition) is 4. The van der Waals surface area contributed by atoms with Crippen LogP contribution in [0.4, 0.5) is 0 Å². The van der Waals surface area contributed by atoms with Crippen molar-refractivity contribution in [1.29, 1.82) is 0 Å². The van der Waals surface area contributed by atoms with Gasteiger partial charge in [-0.3, -0.25) is 4.90 Å². The molecule has 96 valence electrons. The topological polar surface area (TPSA) is 60.0 Å². The monoisotopic (exact) mass is 237 g/mol. The van der Waals surface area contributed by atoms with Crippen molar-refractivity contribution in [3.63, 3.8) is 0 Å². The Kier molecular flexibility index (Phi) is 3.79. The van der Waals surface area contributed by atoms with E-state index in [9.17, 15) is 0 Å². The summed E-state index contributed by atoms with van der Waals surface area (Å²) in [4.78, 5) is 2.47. The summed E-state index contributed by atoms with van der Waals surface area (Å²) in [6.45, 7) is 10.1. The molecule has 0 bridgehead atoms. The van der Waals surface area contributed by atoms with Crippen LogP contribution in [0.2, 0.25) is 0 Å². The highest BCUT2D eigenvalue weighted by molar-refractivity contribution is 4.96.